The van der Waals surface area contributed by atoms with Gasteiger partial charge in [0.15, 0.2) is 0 Å². The number of ether oxygens (including phenoxy) is 1. The van der Waals surface area contributed by atoms with Gasteiger partial charge in [-0.15, -0.1) is 0 Å². The number of amides is 1. The third-order valence-corrected chi connectivity index (χ3v) is 6.03. The quantitative estimate of drug-likeness (QED) is 0.679. The highest BCUT2D eigenvalue weighted by Crippen LogP contribution is 2.15. The van der Waals surface area contributed by atoms with E-state index in [1.807, 2.05) is 6.07 Å². The van der Waals surface area contributed by atoms with Gasteiger partial charge in [-0.2, -0.15) is 0 Å². The maximum absolute atomic E-state index is 12.8. The van der Waals surface area contributed by atoms with Crippen molar-refractivity contribution in [2.75, 3.05) is 57.8 Å². The van der Waals surface area contributed by atoms with E-state index >= 15 is 0 Å². The smallest absolute Gasteiger partial charge is 0.251 e. The fraction of sp³-hybridized carbons (Fsp3) is 0.500. The molecule has 0 aliphatic carbocycles. The normalized spacial score (nSPS) is 18.6. The van der Waals surface area contributed by atoms with E-state index in [0.29, 0.717) is 5.56 Å². The largest absolute Gasteiger partial charge is 0.379 e. The summed E-state index contributed by atoms with van der Waals surface area (Å²) < 4.78 is 5.38. The van der Waals surface area contributed by atoms with Gasteiger partial charge in [-0.05, 0) is 30.5 Å². The molecule has 0 radical (unpaired) electrons. The number of morpholine rings is 1. The lowest BCUT2D eigenvalue weighted by Crippen LogP contribution is -2.44. The van der Waals surface area contributed by atoms with E-state index in [9.17, 15) is 4.79 Å². The Morgan fingerprint density at radius 1 is 1.03 bits per heavy atom. The predicted molar refractivity (Wildman–Crippen MR) is 122 cm³/mol. The Morgan fingerprint density at radius 3 is 2.58 bits per heavy atom. The molecule has 0 atom stereocenters. The van der Waals surface area contributed by atoms with Gasteiger partial charge in [-0.25, -0.2) is 4.98 Å². The van der Waals surface area contributed by atoms with Crippen molar-refractivity contribution in [1.82, 2.24) is 20.1 Å². The molecule has 0 bridgehead atoms. The van der Waals surface area contributed by atoms with Gasteiger partial charge in [0.05, 0.1) is 13.2 Å². The number of piperidine rings is 1. The van der Waals surface area contributed by atoms with Crippen LogP contribution in [0.4, 0.5) is 5.82 Å². The zero-order chi connectivity index (χ0) is 21.3. The Kier molecular flexibility index (Phi) is 7.87. The van der Waals surface area contributed by atoms with Crippen molar-refractivity contribution in [3.8, 4) is 0 Å². The predicted octanol–water partition coefficient (Wildman–Crippen LogP) is 2.22. The second-order valence-electron chi connectivity index (χ2n) is 8.32. The van der Waals surface area contributed by atoms with Crippen molar-refractivity contribution >= 4 is 11.7 Å². The highest BCUT2D eigenvalue weighted by Gasteiger charge is 2.21. The molecule has 3 heterocycles. The first-order chi connectivity index (χ1) is 15.3. The Morgan fingerprint density at radius 2 is 1.81 bits per heavy atom. The van der Waals surface area contributed by atoms with Crippen molar-refractivity contribution in [3.63, 3.8) is 0 Å². The van der Waals surface area contributed by atoms with Gasteiger partial charge >= 0.3 is 0 Å². The van der Waals surface area contributed by atoms with Crippen molar-refractivity contribution in [3.05, 3.63) is 59.8 Å². The Bertz CT molecular complexity index is 818. The first-order valence-electron chi connectivity index (χ1n) is 11.3. The van der Waals surface area contributed by atoms with Crippen LogP contribution < -0.4 is 10.6 Å². The van der Waals surface area contributed by atoms with E-state index in [1.165, 1.54) is 5.56 Å². The lowest BCUT2D eigenvalue weighted by atomic mass is 10.0. The van der Waals surface area contributed by atoms with Gasteiger partial charge in [0.25, 0.3) is 5.91 Å². The second kappa shape index (κ2) is 11.2. The van der Waals surface area contributed by atoms with Crippen LogP contribution in [0.1, 0.15) is 28.8 Å². The summed E-state index contributed by atoms with van der Waals surface area (Å²) in [5, 5.41) is 6.55. The lowest BCUT2D eigenvalue weighted by molar-refractivity contribution is 0.0398. The van der Waals surface area contributed by atoms with E-state index in [4.69, 9.17) is 4.74 Å². The van der Waals surface area contributed by atoms with Gasteiger partial charge < -0.3 is 15.4 Å². The number of anilines is 1. The summed E-state index contributed by atoms with van der Waals surface area (Å²) in [5.74, 6) is 0.735. The molecule has 0 saturated carbocycles. The van der Waals surface area contributed by atoms with Gasteiger partial charge in [-0.1, -0.05) is 30.3 Å². The summed E-state index contributed by atoms with van der Waals surface area (Å²) in [7, 11) is 0. The van der Waals surface area contributed by atoms with E-state index in [0.717, 1.165) is 77.7 Å². The molecule has 7 heteroatoms. The van der Waals surface area contributed by atoms with E-state index < -0.39 is 0 Å². The van der Waals surface area contributed by atoms with E-state index in [1.54, 1.807) is 12.3 Å². The molecule has 1 amide bonds. The zero-order valence-electron chi connectivity index (χ0n) is 18.1. The molecule has 4 rings (SSSR count). The monoisotopic (exact) mass is 423 g/mol. The minimum Gasteiger partial charge on any atom is -0.379 e. The molecule has 2 fully saturated rings. The van der Waals surface area contributed by atoms with Gasteiger partial charge in [-0.3, -0.25) is 14.6 Å². The number of rotatable bonds is 8. The summed E-state index contributed by atoms with van der Waals surface area (Å²) in [4.78, 5) is 21.9. The minimum atomic E-state index is -0.0138. The van der Waals surface area contributed by atoms with Crippen LogP contribution in [0.3, 0.4) is 0 Å². The molecule has 0 unspecified atom stereocenters. The number of carbonyl (C=O) groups is 1. The molecule has 31 heavy (non-hydrogen) atoms. The highest BCUT2D eigenvalue weighted by molar-refractivity contribution is 5.95. The number of nitrogens with one attached hydrogen (secondary N) is 2. The zero-order valence-corrected chi connectivity index (χ0v) is 18.1. The lowest BCUT2D eigenvalue weighted by Gasteiger charge is -2.32. The summed E-state index contributed by atoms with van der Waals surface area (Å²) in [5.41, 5.74) is 2.01. The van der Waals surface area contributed by atoms with Crippen molar-refractivity contribution in [2.45, 2.75) is 25.4 Å². The maximum atomic E-state index is 12.8. The maximum Gasteiger partial charge on any atom is 0.251 e. The van der Waals surface area contributed by atoms with Crippen LogP contribution in [0.15, 0.2) is 48.7 Å². The number of hydrogen-bond acceptors (Lipinski definition) is 6. The molecule has 0 spiro atoms. The Labute approximate surface area is 184 Å². The molecule has 1 aromatic carbocycles. The molecule has 7 nitrogen and oxygen atoms in total. The first kappa shape index (κ1) is 21.7. The number of nitrogens with zero attached hydrogens (tertiary/aromatic N) is 3. The average molecular weight is 424 g/mol. The van der Waals surface area contributed by atoms with Crippen LogP contribution in [-0.4, -0.2) is 79.2 Å². The van der Waals surface area contributed by atoms with Crippen molar-refractivity contribution in [1.29, 1.82) is 0 Å². The van der Waals surface area contributed by atoms with Crippen LogP contribution in [0, 0.1) is 0 Å². The molecule has 2 saturated heterocycles. The van der Waals surface area contributed by atoms with E-state index in [2.05, 4.69) is 55.7 Å². The van der Waals surface area contributed by atoms with Gasteiger partial charge in [0.2, 0.25) is 0 Å². The summed E-state index contributed by atoms with van der Waals surface area (Å²) in [6.45, 7) is 8.29. The summed E-state index contributed by atoms with van der Waals surface area (Å²) in [6, 6.07) is 14.4. The van der Waals surface area contributed by atoms with E-state index in [-0.39, 0.29) is 11.9 Å². The summed E-state index contributed by atoms with van der Waals surface area (Å²) >= 11 is 0. The number of likely N-dealkylation sites (tertiary alicyclic amines) is 1. The van der Waals surface area contributed by atoms with Crippen molar-refractivity contribution < 1.29 is 9.53 Å². The van der Waals surface area contributed by atoms with Crippen LogP contribution in [0.5, 0.6) is 0 Å². The van der Waals surface area contributed by atoms with Gasteiger partial charge in [0, 0.05) is 63.6 Å². The SMILES string of the molecule is O=C(NC1CCN(Cc2ccccc2)CC1)c1ccnc(NCCN2CCOCC2)c1. The van der Waals surface area contributed by atoms with Crippen LogP contribution in [0.2, 0.25) is 0 Å². The standard InChI is InChI=1S/C24H33N5O2/c30-24(27-22-7-11-29(12-8-22)19-20-4-2-1-3-5-20)21-6-9-25-23(18-21)26-10-13-28-14-16-31-17-15-28/h1-6,9,18,22H,7-8,10-17,19H2,(H,25,26)(H,27,30). The van der Waals surface area contributed by atoms with Crippen LogP contribution in [0.25, 0.3) is 0 Å². The third-order valence-electron chi connectivity index (χ3n) is 6.03. The molecule has 2 aromatic rings. The number of benzene rings is 1. The fourth-order valence-electron chi connectivity index (χ4n) is 4.18. The molecule has 1 aromatic heterocycles. The molecule has 2 N–H and O–H groups in total. The molecule has 166 valence electrons. The van der Waals surface area contributed by atoms with Gasteiger partial charge in [0.1, 0.15) is 5.82 Å². The molecular weight excluding hydrogens is 390 g/mol. The summed E-state index contributed by atoms with van der Waals surface area (Å²) in [6.07, 6.45) is 3.66. The third kappa shape index (κ3) is 6.75. The number of aromatic nitrogens is 1. The minimum absolute atomic E-state index is 0.0138. The Hall–Kier alpha value is -2.48. The molecular formula is C24H33N5O2. The fourth-order valence-corrected chi connectivity index (χ4v) is 4.18. The average Bonchev–Trinajstić information content (AvgIpc) is 2.82. The topological polar surface area (TPSA) is 69.7 Å². The highest BCUT2D eigenvalue weighted by atomic mass is 16.5. The van der Waals surface area contributed by atoms with Crippen molar-refractivity contribution in [2.24, 2.45) is 0 Å². The number of pyridine rings is 1. The number of hydrogen-bond donors (Lipinski definition) is 2. The number of carbonyl (C=O) groups excluding carboxylic acids is 1. The first-order valence-corrected chi connectivity index (χ1v) is 11.3. The molecule has 2 aliphatic rings. The Balaban J connectivity index is 1.20. The van der Waals surface area contributed by atoms with Crippen LogP contribution >= 0.6 is 0 Å². The molecule has 2 aliphatic heterocycles. The van der Waals surface area contributed by atoms with Crippen LogP contribution in [-0.2, 0) is 11.3 Å². The second-order valence-corrected chi connectivity index (χ2v) is 8.32.